The third kappa shape index (κ3) is 6.16. The molecule has 1 aromatic heterocycles. The van der Waals surface area contributed by atoms with E-state index in [4.69, 9.17) is 30.9 Å². The summed E-state index contributed by atoms with van der Waals surface area (Å²) < 4.78 is 15.7. The number of aliphatic hydroxyl groups is 1. The molecule has 0 aliphatic carbocycles. The lowest BCUT2D eigenvalue weighted by molar-refractivity contribution is -0.0572. The lowest BCUT2D eigenvalue weighted by Gasteiger charge is -2.08. The molecule has 0 radical (unpaired) electrons. The molecule has 1 N–H and O–H groups in total. The number of ether oxygens (including phenoxy) is 3. The highest BCUT2D eigenvalue weighted by atomic mass is 35.5. The molecule has 18 heavy (non-hydrogen) atoms. The minimum Gasteiger partial charge on any atom is -0.478 e. The molecule has 0 aromatic carbocycles. The molecular formula is C12H18ClNO4. The largest absolute Gasteiger partial charge is 0.478 e. The van der Waals surface area contributed by atoms with Crippen molar-refractivity contribution in [3.8, 4) is 5.88 Å². The molecule has 0 unspecified atom stereocenters. The van der Waals surface area contributed by atoms with E-state index in [-0.39, 0.29) is 13.4 Å². The summed E-state index contributed by atoms with van der Waals surface area (Å²) in [6, 6.07) is 3.47. The van der Waals surface area contributed by atoms with Crippen LogP contribution in [0.1, 0.15) is 18.9 Å². The molecule has 0 saturated carbocycles. The van der Waals surface area contributed by atoms with Crippen molar-refractivity contribution < 1.29 is 19.3 Å². The number of pyridine rings is 1. The molecule has 0 atom stereocenters. The molecule has 102 valence electrons. The quantitative estimate of drug-likeness (QED) is 0.424. The summed E-state index contributed by atoms with van der Waals surface area (Å²) in [4.78, 5) is 4.02. The van der Waals surface area contributed by atoms with E-state index < -0.39 is 0 Å². The van der Waals surface area contributed by atoms with Crippen LogP contribution in [0.4, 0.5) is 0 Å². The molecular weight excluding hydrogens is 258 g/mol. The highest BCUT2D eigenvalue weighted by Crippen LogP contribution is 2.17. The fourth-order valence-electron chi connectivity index (χ4n) is 1.22. The van der Waals surface area contributed by atoms with E-state index in [1.165, 1.54) is 0 Å². The van der Waals surface area contributed by atoms with Crippen molar-refractivity contribution in [2.45, 2.75) is 20.0 Å². The summed E-state index contributed by atoms with van der Waals surface area (Å²) in [5, 5.41) is 9.01. The van der Waals surface area contributed by atoms with Gasteiger partial charge in [0, 0.05) is 25.7 Å². The Morgan fingerprint density at radius 2 is 2.17 bits per heavy atom. The van der Waals surface area contributed by atoms with Gasteiger partial charge >= 0.3 is 0 Å². The van der Waals surface area contributed by atoms with Crippen LogP contribution in [0.15, 0.2) is 12.1 Å². The molecule has 5 nitrogen and oxygen atoms in total. The highest BCUT2D eigenvalue weighted by molar-refractivity contribution is 6.29. The van der Waals surface area contributed by atoms with Crippen LogP contribution in [0.2, 0.25) is 5.15 Å². The predicted octanol–water partition coefficient (Wildman–Crippen LogP) is 2.01. The van der Waals surface area contributed by atoms with Crippen molar-refractivity contribution in [3.05, 3.63) is 22.8 Å². The van der Waals surface area contributed by atoms with Gasteiger partial charge in [0.1, 0.15) is 11.9 Å². The summed E-state index contributed by atoms with van der Waals surface area (Å²) in [5.41, 5.74) is 0.869. The van der Waals surface area contributed by atoms with Gasteiger partial charge in [-0.25, -0.2) is 4.98 Å². The van der Waals surface area contributed by atoms with Crippen molar-refractivity contribution >= 4 is 11.6 Å². The summed E-state index contributed by atoms with van der Waals surface area (Å²) in [6.45, 7) is 3.65. The maximum atomic E-state index is 8.66. The van der Waals surface area contributed by atoms with Gasteiger partial charge in [0.25, 0.3) is 0 Å². The lowest BCUT2D eigenvalue weighted by Crippen LogP contribution is -2.03. The standard InChI is InChI=1S/C12H18ClNO4/c1-2-16-9-17-8-10-6-11(13)14-12(7-10)18-5-3-4-15/h6-7,15H,2-5,8-9H2,1H3. The Morgan fingerprint density at radius 3 is 2.89 bits per heavy atom. The average molecular weight is 276 g/mol. The van der Waals surface area contributed by atoms with Crippen LogP contribution in [0.5, 0.6) is 5.88 Å². The Kier molecular flexibility index (Phi) is 7.68. The molecule has 1 aromatic rings. The zero-order chi connectivity index (χ0) is 13.2. The van der Waals surface area contributed by atoms with E-state index in [0.29, 0.717) is 37.3 Å². The Morgan fingerprint density at radius 1 is 1.33 bits per heavy atom. The van der Waals surface area contributed by atoms with E-state index in [0.717, 1.165) is 5.56 Å². The summed E-state index contributed by atoms with van der Waals surface area (Å²) >= 11 is 5.88. The number of hydrogen-bond acceptors (Lipinski definition) is 5. The second-order valence-electron chi connectivity index (χ2n) is 3.52. The number of hydrogen-bond donors (Lipinski definition) is 1. The fourth-order valence-corrected chi connectivity index (χ4v) is 1.45. The van der Waals surface area contributed by atoms with E-state index >= 15 is 0 Å². The van der Waals surface area contributed by atoms with Crippen LogP contribution in [0, 0.1) is 0 Å². The normalized spacial score (nSPS) is 10.6. The SMILES string of the molecule is CCOCOCc1cc(Cl)nc(OCCCO)c1. The minimum absolute atomic E-state index is 0.0882. The Labute approximate surface area is 112 Å². The van der Waals surface area contributed by atoms with E-state index in [9.17, 15) is 0 Å². The van der Waals surface area contributed by atoms with Crippen LogP contribution in [0.3, 0.4) is 0 Å². The van der Waals surface area contributed by atoms with Gasteiger partial charge in [-0.1, -0.05) is 11.6 Å². The molecule has 0 aliphatic rings. The highest BCUT2D eigenvalue weighted by Gasteiger charge is 2.03. The third-order valence-corrected chi connectivity index (χ3v) is 2.22. The van der Waals surface area contributed by atoms with Gasteiger partial charge in [-0.3, -0.25) is 0 Å². The zero-order valence-corrected chi connectivity index (χ0v) is 11.2. The monoisotopic (exact) mass is 275 g/mol. The lowest BCUT2D eigenvalue weighted by atomic mass is 10.3. The molecule has 0 spiro atoms. The van der Waals surface area contributed by atoms with Gasteiger partial charge in [-0.2, -0.15) is 0 Å². The van der Waals surface area contributed by atoms with Gasteiger partial charge in [-0.05, 0) is 18.6 Å². The number of rotatable bonds is 9. The average Bonchev–Trinajstić information content (AvgIpc) is 2.34. The van der Waals surface area contributed by atoms with Crippen molar-refractivity contribution in [1.29, 1.82) is 0 Å². The van der Waals surface area contributed by atoms with E-state index in [1.54, 1.807) is 12.1 Å². The first-order chi connectivity index (χ1) is 8.76. The molecule has 0 fully saturated rings. The van der Waals surface area contributed by atoms with Crippen LogP contribution < -0.4 is 4.74 Å². The number of halogens is 1. The van der Waals surface area contributed by atoms with Crippen LogP contribution in [0.25, 0.3) is 0 Å². The number of nitrogens with zero attached hydrogens (tertiary/aromatic N) is 1. The molecule has 1 rings (SSSR count). The van der Waals surface area contributed by atoms with Crippen molar-refractivity contribution in [2.24, 2.45) is 0 Å². The summed E-state index contributed by atoms with van der Waals surface area (Å²) in [6.07, 6.45) is 0.560. The summed E-state index contributed by atoms with van der Waals surface area (Å²) in [7, 11) is 0. The molecule has 0 aliphatic heterocycles. The van der Waals surface area contributed by atoms with Gasteiger partial charge in [-0.15, -0.1) is 0 Å². The van der Waals surface area contributed by atoms with Crippen LogP contribution >= 0.6 is 11.6 Å². The van der Waals surface area contributed by atoms with Crippen molar-refractivity contribution in [3.63, 3.8) is 0 Å². The van der Waals surface area contributed by atoms with Crippen LogP contribution in [-0.4, -0.2) is 36.7 Å². The topological polar surface area (TPSA) is 60.8 Å². The molecule has 0 bridgehead atoms. The Hall–Kier alpha value is -0.880. The van der Waals surface area contributed by atoms with Crippen LogP contribution in [-0.2, 0) is 16.1 Å². The van der Waals surface area contributed by atoms with Gasteiger partial charge in [0.15, 0.2) is 0 Å². The first kappa shape index (κ1) is 15.2. The summed E-state index contributed by atoms with van der Waals surface area (Å²) in [5.74, 6) is 0.436. The smallest absolute Gasteiger partial charge is 0.214 e. The number of aliphatic hydroxyl groups excluding tert-OH is 1. The maximum Gasteiger partial charge on any atom is 0.214 e. The first-order valence-corrected chi connectivity index (χ1v) is 6.19. The molecule has 1 heterocycles. The number of aromatic nitrogens is 1. The maximum absolute atomic E-state index is 8.66. The molecule has 0 amide bonds. The Balaban J connectivity index is 2.46. The van der Waals surface area contributed by atoms with E-state index in [1.807, 2.05) is 6.92 Å². The third-order valence-electron chi connectivity index (χ3n) is 2.02. The molecule has 0 saturated heterocycles. The van der Waals surface area contributed by atoms with Gasteiger partial charge in [0.05, 0.1) is 13.2 Å². The fraction of sp³-hybridized carbons (Fsp3) is 0.583. The zero-order valence-electron chi connectivity index (χ0n) is 10.4. The minimum atomic E-state index is 0.0882. The van der Waals surface area contributed by atoms with E-state index in [2.05, 4.69) is 4.98 Å². The van der Waals surface area contributed by atoms with Crippen molar-refractivity contribution in [2.75, 3.05) is 26.6 Å². The van der Waals surface area contributed by atoms with Crippen molar-refractivity contribution in [1.82, 2.24) is 4.98 Å². The van der Waals surface area contributed by atoms with Gasteiger partial charge < -0.3 is 19.3 Å². The Bertz CT molecular complexity index is 349. The van der Waals surface area contributed by atoms with Gasteiger partial charge in [0.2, 0.25) is 5.88 Å². The second kappa shape index (κ2) is 9.10. The predicted molar refractivity (Wildman–Crippen MR) is 67.7 cm³/mol. The second-order valence-corrected chi connectivity index (χ2v) is 3.91. The molecule has 6 heteroatoms. The first-order valence-electron chi connectivity index (χ1n) is 5.82.